The Morgan fingerprint density at radius 2 is 2.30 bits per heavy atom. The molecule has 0 fully saturated rings. The van der Waals surface area contributed by atoms with Gasteiger partial charge in [0.1, 0.15) is 11.9 Å². The van der Waals surface area contributed by atoms with Crippen molar-refractivity contribution < 1.29 is 14.3 Å². The van der Waals surface area contributed by atoms with Crippen molar-refractivity contribution in [1.29, 1.82) is 0 Å². The second-order valence-corrected chi connectivity index (χ2v) is 5.34. The van der Waals surface area contributed by atoms with Gasteiger partial charge in [-0.05, 0) is 30.0 Å². The summed E-state index contributed by atoms with van der Waals surface area (Å²) >= 11 is 1.61. The summed E-state index contributed by atoms with van der Waals surface area (Å²) in [7, 11) is 0. The Kier molecular flexibility index (Phi) is 5.20. The number of carbonyl (C=O) groups excluding carboxylic acids is 1. The van der Waals surface area contributed by atoms with Crippen LogP contribution >= 0.6 is 11.3 Å². The van der Waals surface area contributed by atoms with Crippen LogP contribution in [0.3, 0.4) is 0 Å². The van der Waals surface area contributed by atoms with Gasteiger partial charge in [0, 0.05) is 4.88 Å². The van der Waals surface area contributed by atoms with Crippen LogP contribution in [0.5, 0.6) is 0 Å². The van der Waals surface area contributed by atoms with Crippen molar-refractivity contribution in [1.82, 2.24) is 10.6 Å². The largest absolute Gasteiger partial charge is 0.467 e. The van der Waals surface area contributed by atoms with Crippen molar-refractivity contribution >= 4 is 17.4 Å². The molecule has 2 atom stereocenters. The van der Waals surface area contributed by atoms with Crippen molar-refractivity contribution in [3.05, 3.63) is 46.5 Å². The van der Waals surface area contributed by atoms with Gasteiger partial charge < -0.3 is 20.2 Å². The number of thiophene rings is 1. The molecule has 20 heavy (non-hydrogen) atoms. The van der Waals surface area contributed by atoms with Crippen LogP contribution in [0, 0.1) is 0 Å². The smallest absolute Gasteiger partial charge is 0.315 e. The lowest BCUT2D eigenvalue weighted by Crippen LogP contribution is -2.39. The van der Waals surface area contributed by atoms with E-state index in [1.165, 1.54) is 6.26 Å². The molecule has 0 spiro atoms. The van der Waals surface area contributed by atoms with Crippen LogP contribution < -0.4 is 10.6 Å². The van der Waals surface area contributed by atoms with Crippen LogP contribution in [0.1, 0.15) is 36.1 Å². The van der Waals surface area contributed by atoms with Crippen molar-refractivity contribution in [2.75, 3.05) is 6.54 Å². The van der Waals surface area contributed by atoms with E-state index in [-0.39, 0.29) is 18.6 Å². The third-order valence-electron chi connectivity index (χ3n) is 2.93. The van der Waals surface area contributed by atoms with Gasteiger partial charge in [-0.3, -0.25) is 0 Å². The fraction of sp³-hybridized carbons (Fsp3) is 0.357. The molecule has 2 rings (SSSR count). The number of carbonyl (C=O) groups is 1. The van der Waals surface area contributed by atoms with Crippen LogP contribution in [-0.4, -0.2) is 17.7 Å². The first kappa shape index (κ1) is 14.6. The summed E-state index contributed by atoms with van der Waals surface area (Å²) in [6.45, 7) is 2.13. The second-order valence-electron chi connectivity index (χ2n) is 4.36. The van der Waals surface area contributed by atoms with Gasteiger partial charge in [0.25, 0.3) is 0 Å². The van der Waals surface area contributed by atoms with Gasteiger partial charge in [-0.15, -0.1) is 11.3 Å². The number of hydrogen-bond acceptors (Lipinski definition) is 4. The molecule has 2 heterocycles. The number of aliphatic hydroxyl groups is 1. The molecule has 2 aromatic rings. The predicted octanol–water partition coefficient (Wildman–Crippen LogP) is 2.83. The van der Waals surface area contributed by atoms with Crippen molar-refractivity contribution in [3.8, 4) is 0 Å². The van der Waals surface area contributed by atoms with Gasteiger partial charge in [-0.1, -0.05) is 13.0 Å². The Labute approximate surface area is 121 Å². The number of urea groups is 1. The fourth-order valence-corrected chi connectivity index (χ4v) is 2.71. The fourth-order valence-electron chi connectivity index (χ4n) is 1.84. The number of amides is 2. The molecule has 5 nitrogen and oxygen atoms in total. The standard InChI is InChI=1S/C14H18N2O3S/c1-2-10(13-6-4-8-20-13)16-14(18)15-9-11(17)12-5-3-7-19-12/h3-8,10-11,17H,2,9H2,1H3,(H2,15,16,18). The van der Waals surface area contributed by atoms with Crippen LogP contribution in [0.4, 0.5) is 4.79 Å². The van der Waals surface area contributed by atoms with E-state index in [1.54, 1.807) is 23.5 Å². The summed E-state index contributed by atoms with van der Waals surface area (Å²) in [6, 6.07) is 7.03. The monoisotopic (exact) mass is 294 g/mol. The third-order valence-corrected chi connectivity index (χ3v) is 3.91. The Bertz CT molecular complexity index is 511. The number of furan rings is 1. The first-order valence-electron chi connectivity index (χ1n) is 6.50. The zero-order valence-electron chi connectivity index (χ0n) is 11.2. The van der Waals surface area contributed by atoms with Crippen LogP contribution in [-0.2, 0) is 0 Å². The molecule has 108 valence electrons. The topological polar surface area (TPSA) is 74.5 Å². The Morgan fingerprint density at radius 1 is 1.45 bits per heavy atom. The van der Waals surface area contributed by atoms with E-state index in [9.17, 15) is 9.90 Å². The first-order chi connectivity index (χ1) is 9.70. The van der Waals surface area contributed by atoms with Gasteiger partial charge >= 0.3 is 6.03 Å². The number of hydrogen-bond donors (Lipinski definition) is 3. The molecular formula is C14H18N2O3S. The summed E-state index contributed by atoms with van der Waals surface area (Å²) < 4.78 is 5.07. The molecule has 0 bridgehead atoms. The molecular weight excluding hydrogens is 276 g/mol. The summed E-state index contributed by atoms with van der Waals surface area (Å²) in [6.07, 6.45) is 1.47. The van der Waals surface area contributed by atoms with Crippen LogP contribution in [0.2, 0.25) is 0 Å². The highest BCUT2D eigenvalue weighted by molar-refractivity contribution is 7.10. The van der Waals surface area contributed by atoms with Crippen molar-refractivity contribution in [2.45, 2.75) is 25.5 Å². The van der Waals surface area contributed by atoms with Crippen LogP contribution in [0.25, 0.3) is 0 Å². The zero-order valence-corrected chi connectivity index (χ0v) is 12.0. The van der Waals surface area contributed by atoms with E-state index < -0.39 is 6.10 Å². The van der Waals surface area contributed by atoms with Gasteiger partial charge in [-0.25, -0.2) is 4.79 Å². The normalized spacial score (nSPS) is 13.7. The molecule has 0 aliphatic rings. The lowest BCUT2D eigenvalue weighted by molar-refractivity contribution is 0.147. The molecule has 2 amide bonds. The minimum absolute atomic E-state index is 0.00393. The number of rotatable bonds is 6. The summed E-state index contributed by atoms with van der Waals surface area (Å²) in [4.78, 5) is 12.9. The number of aliphatic hydroxyl groups excluding tert-OH is 1. The quantitative estimate of drug-likeness (QED) is 0.767. The highest BCUT2D eigenvalue weighted by atomic mass is 32.1. The summed E-state index contributed by atoms with van der Waals surface area (Å²) in [5, 5.41) is 17.3. The summed E-state index contributed by atoms with van der Waals surface area (Å²) in [5.74, 6) is 0.440. The van der Waals surface area contributed by atoms with E-state index in [0.717, 1.165) is 11.3 Å². The third kappa shape index (κ3) is 3.85. The lowest BCUT2D eigenvalue weighted by Gasteiger charge is -2.17. The van der Waals surface area contributed by atoms with E-state index in [1.807, 2.05) is 24.4 Å². The molecule has 3 N–H and O–H groups in total. The lowest BCUT2D eigenvalue weighted by atomic mass is 10.2. The average Bonchev–Trinajstić information content (AvgIpc) is 3.14. The maximum absolute atomic E-state index is 11.8. The van der Waals surface area contributed by atoms with E-state index in [4.69, 9.17) is 4.42 Å². The Morgan fingerprint density at radius 3 is 2.90 bits per heavy atom. The maximum atomic E-state index is 11.8. The van der Waals surface area contributed by atoms with E-state index >= 15 is 0 Å². The summed E-state index contributed by atoms with van der Waals surface area (Å²) in [5.41, 5.74) is 0. The van der Waals surface area contributed by atoms with Gasteiger partial charge in [0.2, 0.25) is 0 Å². The molecule has 0 aliphatic carbocycles. The molecule has 2 unspecified atom stereocenters. The van der Waals surface area contributed by atoms with Gasteiger partial charge in [0.05, 0.1) is 18.8 Å². The highest BCUT2D eigenvalue weighted by Crippen LogP contribution is 2.21. The van der Waals surface area contributed by atoms with E-state index in [2.05, 4.69) is 10.6 Å². The Balaban J connectivity index is 1.80. The molecule has 0 aliphatic heterocycles. The average molecular weight is 294 g/mol. The number of nitrogens with one attached hydrogen (secondary N) is 2. The van der Waals surface area contributed by atoms with E-state index in [0.29, 0.717) is 5.76 Å². The minimum Gasteiger partial charge on any atom is -0.467 e. The maximum Gasteiger partial charge on any atom is 0.315 e. The second kappa shape index (κ2) is 7.12. The van der Waals surface area contributed by atoms with Crippen LogP contribution in [0.15, 0.2) is 40.3 Å². The molecule has 0 radical (unpaired) electrons. The molecule has 0 aromatic carbocycles. The van der Waals surface area contributed by atoms with Crippen molar-refractivity contribution in [2.24, 2.45) is 0 Å². The van der Waals surface area contributed by atoms with Gasteiger partial charge in [0.15, 0.2) is 0 Å². The van der Waals surface area contributed by atoms with Gasteiger partial charge in [-0.2, -0.15) is 0 Å². The SMILES string of the molecule is CCC(NC(=O)NCC(O)c1ccco1)c1cccs1. The minimum atomic E-state index is -0.836. The highest BCUT2D eigenvalue weighted by Gasteiger charge is 2.15. The molecule has 6 heteroatoms. The first-order valence-corrected chi connectivity index (χ1v) is 7.38. The zero-order chi connectivity index (χ0) is 14.4. The molecule has 0 saturated carbocycles. The Hall–Kier alpha value is -1.79. The molecule has 0 saturated heterocycles. The molecule has 2 aromatic heterocycles. The predicted molar refractivity (Wildman–Crippen MR) is 77.6 cm³/mol. The van der Waals surface area contributed by atoms with Crippen molar-refractivity contribution in [3.63, 3.8) is 0 Å².